The van der Waals surface area contributed by atoms with Crippen molar-refractivity contribution in [3.63, 3.8) is 0 Å². The van der Waals surface area contributed by atoms with Gasteiger partial charge >= 0.3 is 0 Å². The first kappa shape index (κ1) is 15.0. The molecule has 0 fully saturated rings. The first-order chi connectivity index (χ1) is 10.2. The molecule has 0 aliphatic rings. The number of aliphatic hydroxyl groups is 1. The van der Waals surface area contributed by atoms with Crippen LogP contribution < -0.4 is 10.1 Å². The fraction of sp³-hybridized carbons (Fsp3) is 0.250. The minimum atomic E-state index is -0.292. The summed E-state index contributed by atoms with van der Waals surface area (Å²) in [6.07, 6.45) is 1.53. The Balaban J connectivity index is 1.99. The summed E-state index contributed by atoms with van der Waals surface area (Å²) in [4.78, 5) is 16.0. The zero-order valence-corrected chi connectivity index (χ0v) is 11.8. The molecule has 1 atom stereocenters. The van der Waals surface area contributed by atoms with Gasteiger partial charge in [0.15, 0.2) is 0 Å². The number of hydrogen-bond acceptors (Lipinski definition) is 4. The highest BCUT2D eigenvalue weighted by Crippen LogP contribution is 2.12. The number of amides is 1. The van der Waals surface area contributed by atoms with Crippen LogP contribution in [-0.4, -0.2) is 28.6 Å². The Morgan fingerprint density at radius 1 is 1.33 bits per heavy atom. The number of aromatic nitrogens is 1. The van der Waals surface area contributed by atoms with E-state index in [2.05, 4.69) is 10.3 Å². The maximum absolute atomic E-state index is 11.9. The van der Waals surface area contributed by atoms with Crippen LogP contribution in [0.3, 0.4) is 0 Å². The van der Waals surface area contributed by atoms with E-state index in [1.54, 1.807) is 19.1 Å². The highest BCUT2D eigenvalue weighted by atomic mass is 16.5. The van der Waals surface area contributed by atoms with Crippen LogP contribution >= 0.6 is 0 Å². The summed E-state index contributed by atoms with van der Waals surface area (Å²) in [6, 6.07) is 12.6. The van der Waals surface area contributed by atoms with Gasteiger partial charge in [-0.2, -0.15) is 0 Å². The molecule has 2 rings (SSSR count). The summed E-state index contributed by atoms with van der Waals surface area (Å²) < 4.78 is 5.57. The molecule has 0 saturated heterocycles. The molecule has 0 spiro atoms. The van der Waals surface area contributed by atoms with Crippen molar-refractivity contribution in [2.24, 2.45) is 0 Å². The van der Waals surface area contributed by atoms with Crippen LogP contribution in [0.4, 0.5) is 0 Å². The molecule has 0 bridgehead atoms. The third kappa shape index (κ3) is 4.57. The molecule has 1 unspecified atom stereocenters. The number of nitrogens with one attached hydrogen (secondary N) is 1. The second kappa shape index (κ2) is 7.40. The van der Waals surface area contributed by atoms with Crippen molar-refractivity contribution in [1.82, 2.24) is 10.3 Å². The summed E-state index contributed by atoms with van der Waals surface area (Å²) >= 11 is 0. The average molecular weight is 286 g/mol. The Morgan fingerprint density at radius 2 is 2.10 bits per heavy atom. The Hall–Kier alpha value is -2.40. The summed E-state index contributed by atoms with van der Waals surface area (Å²) in [6.45, 7) is 2.02. The molecule has 21 heavy (non-hydrogen) atoms. The lowest BCUT2D eigenvalue weighted by atomic mass is 10.2. The second-order valence-corrected chi connectivity index (χ2v) is 4.71. The lowest BCUT2D eigenvalue weighted by molar-refractivity contribution is 0.0921. The van der Waals surface area contributed by atoms with Crippen molar-refractivity contribution in [1.29, 1.82) is 0 Å². The minimum absolute atomic E-state index is 0.103. The molecule has 5 heteroatoms. The van der Waals surface area contributed by atoms with E-state index in [4.69, 9.17) is 9.84 Å². The zero-order valence-electron chi connectivity index (χ0n) is 11.8. The highest BCUT2D eigenvalue weighted by molar-refractivity contribution is 5.94. The molecule has 2 aromatic rings. The topological polar surface area (TPSA) is 71.5 Å². The Labute approximate surface area is 123 Å². The van der Waals surface area contributed by atoms with Crippen LogP contribution in [0.15, 0.2) is 48.7 Å². The number of nitrogens with zero attached hydrogens (tertiary/aromatic N) is 1. The van der Waals surface area contributed by atoms with Gasteiger partial charge in [0.25, 0.3) is 5.91 Å². The smallest absolute Gasteiger partial charge is 0.251 e. The van der Waals surface area contributed by atoms with Gasteiger partial charge in [-0.15, -0.1) is 0 Å². The number of carbonyl (C=O) groups is 1. The molecule has 1 aromatic carbocycles. The Morgan fingerprint density at radius 3 is 2.81 bits per heavy atom. The van der Waals surface area contributed by atoms with Gasteiger partial charge in [-0.05, 0) is 18.6 Å². The largest absolute Gasteiger partial charge is 0.473 e. The van der Waals surface area contributed by atoms with Crippen molar-refractivity contribution >= 4 is 5.91 Å². The van der Waals surface area contributed by atoms with E-state index in [9.17, 15) is 4.79 Å². The zero-order chi connectivity index (χ0) is 15.1. The highest BCUT2D eigenvalue weighted by Gasteiger charge is 2.10. The minimum Gasteiger partial charge on any atom is -0.473 e. The first-order valence-electron chi connectivity index (χ1n) is 6.73. The van der Waals surface area contributed by atoms with E-state index in [1.807, 2.05) is 30.3 Å². The fourth-order valence-electron chi connectivity index (χ4n) is 1.71. The third-order valence-electron chi connectivity index (χ3n) is 2.88. The molecule has 0 aliphatic heterocycles. The van der Waals surface area contributed by atoms with Gasteiger partial charge in [0.1, 0.15) is 6.61 Å². The van der Waals surface area contributed by atoms with Crippen molar-refractivity contribution in [2.45, 2.75) is 19.6 Å². The Bertz CT molecular complexity index is 587. The molecule has 0 saturated carbocycles. The molecule has 1 amide bonds. The fourth-order valence-corrected chi connectivity index (χ4v) is 1.71. The molecule has 1 heterocycles. The van der Waals surface area contributed by atoms with Gasteiger partial charge in [0, 0.05) is 23.9 Å². The number of pyridine rings is 1. The summed E-state index contributed by atoms with van der Waals surface area (Å²) in [5.74, 6) is 0.131. The molecule has 1 aromatic heterocycles. The maximum Gasteiger partial charge on any atom is 0.251 e. The van der Waals surface area contributed by atoms with E-state index in [1.165, 1.54) is 6.20 Å². The van der Waals surface area contributed by atoms with Gasteiger partial charge in [0.05, 0.1) is 6.61 Å². The number of hydrogen-bond donors (Lipinski definition) is 2. The van der Waals surface area contributed by atoms with E-state index in [0.717, 1.165) is 5.56 Å². The standard InChI is InChI=1S/C16H18N2O3/c1-12(10-19)18-16(20)14-7-8-17-15(9-14)21-11-13-5-3-2-4-6-13/h2-9,12,19H,10-11H2,1H3,(H,18,20). The van der Waals surface area contributed by atoms with E-state index in [0.29, 0.717) is 18.1 Å². The maximum atomic E-state index is 11.9. The third-order valence-corrected chi connectivity index (χ3v) is 2.88. The monoisotopic (exact) mass is 286 g/mol. The lowest BCUT2D eigenvalue weighted by Crippen LogP contribution is -2.34. The molecule has 0 aliphatic carbocycles. The van der Waals surface area contributed by atoms with Crippen molar-refractivity contribution in [2.75, 3.05) is 6.61 Å². The van der Waals surface area contributed by atoms with Crippen LogP contribution in [0.2, 0.25) is 0 Å². The normalized spacial score (nSPS) is 11.7. The van der Waals surface area contributed by atoms with Crippen LogP contribution in [0, 0.1) is 0 Å². The van der Waals surface area contributed by atoms with Crippen molar-refractivity contribution in [3.05, 3.63) is 59.8 Å². The van der Waals surface area contributed by atoms with Gasteiger partial charge < -0.3 is 15.2 Å². The molecule has 5 nitrogen and oxygen atoms in total. The van der Waals surface area contributed by atoms with Crippen LogP contribution in [0.25, 0.3) is 0 Å². The number of benzene rings is 1. The number of rotatable bonds is 6. The van der Waals surface area contributed by atoms with Crippen molar-refractivity contribution in [3.8, 4) is 5.88 Å². The predicted molar refractivity (Wildman–Crippen MR) is 79.0 cm³/mol. The van der Waals surface area contributed by atoms with E-state index in [-0.39, 0.29) is 18.6 Å². The second-order valence-electron chi connectivity index (χ2n) is 4.71. The molecular weight excluding hydrogens is 268 g/mol. The van der Waals surface area contributed by atoms with E-state index < -0.39 is 0 Å². The quantitative estimate of drug-likeness (QED) is 0.849. The average Bonchev–Trinajstić information content (AvgIpc) is 2.54. The first-order valence-corrected chi connectivity index (χ1v) is 6.73. The Kier molecular flexibility index (Phi) is 5.29. The molecule has 0 radical (unpaired) electrons. The summed E-state index contributed by atoms with van der Waals surface area (Å²) in [7, 11) is 0. The van der Waals surface area contributed by atoms with Gasteiger partial charge in [-0.3, -0.25) is 4.79 Å². The van der Waals surface area contributed by atoms with Gasteiger partial charge in [-0.25, -0.2) is 4.98 Å². The summed E-state index contributed by atoms with van der Waals surface area (Å²) in [5, 5.41) is 11.6. The predicted octanol–water partition coefficient (Wildman–Crippen LogP) is 1.77. The number of aliphatic hydroxyl groups excluding tert-OH is 1. The van der Waals surface area contributed by atoms with Crippen molar-refractivity contribution < 1.29 is 14.6 Å². The van der Waals surface area contributed by atoms with Gasteiger partial charge in [-0.1, -0.05) is 30.3 Å². The van der Waals surface area contributed by atoms with Crippen LogP contribution in [-0.2, 0) is 6.61 Å². The molecular formula is C16H18N2O3. The number of ether oxygens (including phenoxy) is 1. The lowest BCUT2D eigenvalue weighted by Gasteiger charge is -2.11. The van der Waals surface area contributed by atoms with Gasteiger partial charge in [0.2, 0.25) is 5.88 Å². The SMILES string of the molecule is CC(CO)NC(=O)c1ccnc(OCc2ccccc2)c1. The van der Waals surface area contributed by atoms with Crippen LogP contribution in [0.5, 0.6) is 5.88 Å². The molecule has 110 valence electrons. The van der Waals surface area contributed by atoms with E-state index >= 15 is 0 Å². The summed E-state index contributed by atoms with van der Waals surface area (Å²) in [5.41, 5.74) is 1.48. The molecule has 2 N–H and O–H groups in total. The van der Waals surface area contributed by atoms with Crippen LogP contribution in [0.1, 0.15) is 22.8 Å². The number of carbonyl (C=O) groups excluding carboxylic acids is 1.